The standard InChI is InChI=1S/C22H34N4O4/c1-7-17(25-12-14-26(15-13-25)21(29)30-22(3,4)5)9-8-16(2)24(6)18-10-11-19(27)23-20(18)28/h7-9,18H,1,10-15H2,2-6H3,(H,23,27,28)/b16-8+,17-9+. The van der Waals surface area contributed by atoms with E-state index in [-0.39, 0.29) is 23.9 Å². The van der Waals surface area contributed by atoms with Gasteiger partial charge < -0.3 is 19.4 Å². The number of nitrogens with one attached hydrogen (secondary N) is 1. The molecule has 2 aliphatic heterocycles. The fourth-order valence-corrected chi connectivity index (χ4v) is 3.40. The zero-order valence-electron chi connectivity index (χ0n) is 18.7. The molecule has 0 bridgehead atoms. The molecule has 2 aliphatic rings. The summed E-state index contributed by atoms with van der Waals surface area (Å²) in [7, 11) is 1.85. The Bertz CT molecular complexity index is 743. The summed E-state index contributed by atoms with van der Waals surface area (Å²) < 4.78 is 5.44. The van der Waals surface area contributed by atoms with Crippen molar-refractivity contribution in [3.63, 3.8) is 0 Å². The van der Waals surface area contributed by atoms with Gasteiger partial charge in [0.25, 0.3) is 0 Å². The molecule has 2 fully saturated rings. The molecule has 1 unspecified atom stereocenters. The first kappa shape index (κ1) is 23.5. The molecule has 30 heavy (non-hydrogen) atoms. The number of hydrogen-bond donors (Lipinski definition) is 1. The highest BCUT2D eigenvalue weighted by molar-refractivity contribution is 6.00. The Labute approximate surface area is 179 Å². The van der Waals surface area contributed by atoms with Gasteiger partial charge in [0.1, 0.15) is 11.6 Å². The largest absolute Gasteiger partial charge is 0.444 e. The second-order valence-corrected chi connectivity index (χ2v) is 8.64. The first-order valence-corrected chi connectivity index (χ1v) is 10.3. The molecule has 8 heteroatoms. The van der Waals surface area contributed by atoms with Crippen LogP contribution in [0.3, 0.4) is 0 Å². The Morgan fingerprint density at radius 1 is 1.17 bits per heavy atom. The molecule has 0 aromatic heterocycles. The van der Waals surface area contributed by atoms with Crippen LogP contribution in [0.2, 0.25) is 0 Å². The third-order valence-corrected chi connectivity index (χ3v) is 5.23. The van der Waals surface area contributed by atoms with Crippen LogP contribution in [0.1, 0.15) is 40.5 Å². The number of carbonyl (C=O) groups excluding carboxylic acids is 3. The highest BCUT2D eigenvalue weighted by Crippen LogP contribution is 2.18. The second-order valence-electron chi connectivity index (χ2n) is 8.64. The molecule has 0 spiro atoms. The summed E-state index contributed by atoms with van der Waals surface area (Å²) in [6.07, 6.45) is 6.28. The normalized spacial score (nSPS) is 21.3. The van der Waals surface area contributed by atoms with E-state index in [1.54, 1.807) is 11.0 Å². The first-order valence-electron chi connectivity index (χ1n) is 10.3. The molecular weight excluding hydrogens is 384 g/mol. The van der Waals surface area contributed by atoms with Crippen LogP contribution in [0.5, 0.6) is 0 Å². The quantitative estimate of drug-likeness (QED) is 0.545. The van der Waals surface area contributed by atoms with Gasteiger partial charge in [-0.05, 0) is 52.3 Å². The Balaban J connectivity index is 1.97. The van der Waals surface area contributed by atoms with Crippen molar-refractivity contribution in [1.29, 1.82) is 0 Å². The lowest BCUT2D eigenvalue weighted by molar-refractivity contribution is -0.136. The number of imide groups is 1. The van der Waals surface area contributed by atoms with Gasteiger partial charge in [-0.1, -0.05) is 6.58 Å². The summed E-state index contributed by atoms with van der Waals surface area (Å²) in [5.41, 5.74) is 1.36. The molecule has 0 saturated carbocycles. The maximum absolute atomic E-state index is 12.2. The topological polar surface area (TPSA) is 82.2 Å². The molecule has 2 rings (SSSR count). The predicted octanol–water partition coefficient (Wildman–Crippen LogP) is 2.25. The summed E-state index contributed by atoms with van der Waals surface area (Å²) in [6, 6.07) is -0.350. The van der Waals surface area contributed by atoms with Crippen LogP contribution in [0.25, 0.3) is 0 Å². The number of carbonyl (C=O) groups is 3. The average Bonchev–Trinajstić information content (AvgIpc) is 2.67. The first-order chi connectivity index (χ1) is 14.0. The number of allylic oxidation sites excluding steroid dienone is 4. The lowest BCUT2D eigenvalue weighted by Crippen LogP contribution is -2.50. The van der Waals surface area contributed by atoms with Gasteiger partial charge in [-0.3, -0.25) is 14.9 Å². The van der Waals surface area contributed by atoms with Crippen molar-refractivity contribution in [1.82, 2.24) is 20.0 Å². The molecule has 0 aromatic carbocycles. The lowest BCUT2D eigenvalue weighted by Gasteiger charge is -2.37. The van der Waals surface area contributed by atoms with E-state index < -0.39 is 5.60 Å². The number of rotatable bonds is 5. The molecule has 166 valence electrons. The summed E-state index contributed by atoms with van der Waals surface area (Å²) in [6.45, 7) is 14.0. The van der Waals surface area contributed by atoms with Crippen molar-refractivity contribution < 1.29 is 19.1 Å². The van der Waals surface area contributed by atoms with Crippen LogP contribution >= 0.6 is 0 Å². The van der Waals surface area contributed by atoms with E-state index in [1.165, 1.54) is 0 Å². The zero-order chi connectivity index (χ0) is 22.5. The van der Waals surface area contributed by atoms with Crippen LogP contribution in [0.4, 0.5) is 4.79 Å². The molecule has 3 amide bonds. The number of ether oxygens (including phenoxy) is 1. The van der Waals surface area contributed by atoms with Gasteiger partial charge in [0.05, 0.1) is 0 Å². The van der Waals surface area contributed by atoms with Gasteiger partial charge in [-0.2, -0.15) is 0 Å². The van der Waals surface area contributed by atoms with Crippen LogP contribution in [0, 0.1) is 0 Å². The molecule has 2 heterocycles. The van der Waals surface area contributed by atoms with E-state index in [1.807, 2.05) is 51.8 Å². The van der Waals surface area contributed by atoms with Crippen molar-refractivity contribution in [2.75, 3.05) is 33.2 Å². The van der Waals surface area contributed by atoms with Crippen molar-refractivity contribution in [3.05, 3.63) is 36.2 Å². The van der Waals surface area contributed by atoms with Gasteiger partial charge in [0.2, 0.25) is 11.8 Å². The van der Waals surface area contributed by atoms with Gasteiger partial charge in [0, 0.05) is 51.0 Å². The third-order valence-electron chi connectivity index (χ3n) is 5.23. The van der Waals surface area contributed by atoms with E-state index in [0.717, 1.165) is 11.4 Å². The van der Waals surface area contributed by atoms with Crippen molar-refractivity contribution in [3.8, 4) is 0 Å². The van der Waals surface area contributed by atoms with Crippen LogP contribution in [-0.4, -0.2) is 77.5 Å². The molecule has 2 saturated heterocycles. The maximum Gasteiger partial charge on any atom is 0.410 e. The van der Waals surface area contributed by atoms with E-state index in [9.17, 15) is 14.4 Å². The van der Waals surface area contributed by atoms with E-state index in [0.29, 0.717) is 39.0 Å². The van der Waals surface area contributed by atoms with E-state index in [2.05, 4.69) is 16.8 Å². The highest BCUT2D eigenvalue weighted by Gasteiger charge is 2.30. The Hall–Kier alpha value is -2.77. The molecular formula is C22H34N4O4. The fraction of sp³-hybridized carbons (Fsp3) is 0.591. The van der Waals surface area contributed by atoms with E-state index >= 15 is 0 Å². The smallest absolute Gasteiger partial charge is 0.410 e. The van der Waals surface area contributed by atoms with Crippen LogP contribution in [0.15, 0.2) is 36.2 Å². The number of hydrogen-bond acceptors (Lipinski definition) is 6. The van der Waals surface area contributed by atoms with Gasteiger partial charge in [-0.25, -0.2) is 4.79 Å². The Morgan fingerprint density at radius 3 is 2.30 bits per heavy atom. The fourth-order valence-electron chi connectivity index (χ4n) is 3.40. The maximum atomic E-state index is 12.2. The monoisotopic (exact) mass is 418 g/mol. The van der Waals surface area contributed by atoms with E-state index in [4.69, 9.17) is 4.74 Å². The minimum Gasteiger partial charge on any atom is -0.444 e. The highest BCUT2D eigenvalue weighted by atomic mass is 16.6. The van der Waals surface area contributed by atoms with Gasteiger partial charge >= 0.3 is 6.09 Å². The molecule has 0 radical (unpaired) electrons. The minimum atomic E-state index is -0.503. The predicted molar refractivity (Wildman–Crippen MR) is 115 cm³/mol. The van der Waals surface area contributed by atoms with Crippen molar-refractivity contribution in [2.45, 2.75) is 52.2 Å². The third kappa shape index (κ3) is 6.37. The lowest BCUT2D eigenvalue weighted by atomic mass is 10.0. The van der Waals surface area contributed by atoms with Gasteiger partial charge in [-0.15, -0.1) is 0 Å². The average molecular weight is 419 g/mol. The van der Waals surface area contributed by atoms with Crippen LogP contribution < -0.4 is 5.32 Å². The summed E-state index contributed by atoms with van der Waals surface area (Å²) >= 11 is 0. The Morgan fingerprint density at radius 2 is 1.77 bits per heavy atom. The molecule has 8 nitrogen and oxygen atoms in total. The molecule has 0 aromatic rings. The second kappa shape index (κ2) is 9.82. The van der Waals surface area contributed by atoms with Crippen molar-refractivity contribution in [2.24, 2.45) is 0 Å². The zero-order valence-corrected chi connectivity index (χ0v) is 18.7. The summed E-state index contributed by atoms with van der Waals surface area (Å²) in [5, 5.41) is 2.39. The Kier molecular flexibility index (Phi) is 7.70. The summed E-state index contributed by atoms with van der Waals surface area (Å²) in [4.78, 5) is 41.4. The molecule has 0 aliphatic carbocycles. The SMILES string of the molecule is C=C/C(=C\C=C(/C)N(C)C1CCC(=O)NC1=O)N1CCN(C(=O)OC(C)(C)C)CC1. The number of piperazine rings is 1. The number of likely N-dealkylation sites (N-methyl/N-ethyl adjacent to an activating group) is 1. The number of amides is 3. The van der Waals surface area contributed by atoms with Gasteiger partial charge in [0.15, 0.2) is 0 Å². The van der Waals surface area contributed by atoms with Crippen LogP contribution in [-0.2, 0) is 14.3 Å². The molecule has 1 atom stereocenters. The molecule has 1 N–H and O–H groups in total. The summed E-state index contributed by atoms with van der Waals surface area (Å²) in [5.74, 6) is -0.474. The number of piperidine rings is 1. The minimum absolute atomic E-state index is 0.217. The number of nitrogens with zero attached hydrogens (tertiary/aromatic N) is 3. The van der Waals surface area contributed by atoms with Crippen molar-refractivity contribution >= 4 is 17.9 Å².